The maximum absolute atomic E-state index is 13.2. The molecule has 11 nitrogen and oxygen atoms in total. The molecule has 1 aliphatic heterocycles. The molecule has 1 N–H and O–H groups in total. The van der Waals surface area contributed by atoms with E-state index in [0.29, 0.717) is 30.7 Å². The Kier molecular flexibility index (Phi) is 6.19. The number of hydrogen-bond acceptors (Lipinski definition) is 9. The molecule has 0 radical (unpaired) electrons. The molecule has 3 heterocycles. The Bertz CT molecular complexity index is 1020. The minimum absolute atomic E-state index is 0.142. The number of anilines is 1. The van der Waals surface area contributed by atoms with Crippen molar-refractivity contribution in [2.75, 3.05) is 31.7 Å². The van der Waals surface area contributed by atoms with Gasteiger partial charge in [-0.05, 0) is 26.7 Å². The van der Waals surface area contributed by atoms with Crippen molar-refractivity contribution in [2.45, 2.75) is 49.7 Å². The van der Waals surface area contributed by atoms with Gasteiger partial charge in [0.25, 0.3) is 0 Å². The molecule has 0 unspecified atom stereocenters. The molecule has 0 spiro atoms. The number of hydrogen-bond donors (Lipinski definition) is 1. The van der Waals surface area contributed by atoms with E-state index >= 15 is 0 Å². The Morgan fingerprint density at radius 3 is 2.58 bits per heavy atom. The van der Waals surface area contributed by atoms with Crippen LogP contribution in [0, 0.1) is 0 Å². The van der Waals surface area contributed by atoms with Crippen molar-refractivity contribution in [3.05, 3.63) is 29.1 Å². The minimum atomic E-state index is -3.94. The van der Waals surface area contributed by atoms with Crippen LogP contribution in [0.5, 0.6) is 0 Å². The molecule has 3 atom stereocenters. The minimum Gasteiger partial charge on any atom is -0.376 e. The van der Waals surface area contributed by atoms with E-state index in [0.717, 1.165) is 12.8 Å². The number of ether oxygens (including phenoxy) is 3. The first-order valence-electron chi connectivity index (χ1n) is 9.92. The lowest BCUT2D eigenvalue weighted by atomic mass is 10.2. The molecule has 2 aromatic heterocycles. The van der Waals surface area contributed by atoms with Crippen LogP contribution in [-0.4, -0.2) is 65.3 Å². The van der Waals surface area contributed by atoms with Gasteiger partial charge in [0.2, 0.25) is 16.0 Å². The molecule has 0 amide bonds. The summed E-state index contributed by atoms with van der Waals surface area (Å²) in [6.45, 7) is 4.86. The monoisotopic (exact) mass is 472 g/mol. The van der Waals surface area contributed by atoms with E-state index in [4.69, 9.17) is 25.8 Å². The third-order valence-electron chi connectivity index (χ3n) is 5.60. The van der Waals surface area contributed by atoms with Gasteiger partial charge in [0, 0.05) is 25.0 Å². The standard InChI is InChI=1S/C18H25ClN6O5S/c1-11(14(28-3)15-20-8-12(19)9-21-15)31(26,27)24-17-23-22-16(13-10-29-6-7-30-13)25(17)18(2)4-5-18/h8-9,11,13-14H,4-7,10H2,1-3H3,(H,23,24)/t11-,13-,14-/m0/s1. The smallest absolute Gasteiger partial charge is 0.240 e. The number of halogens is 1. The Hall–Kier alpha value is -1.86. The highest BCUT2D eigenvalue weighted by Gasteiger charge is 2.45. The van der Waals surface area contributed by atoms with Gasteiger partial charge in [-0.3, -0.25) is 9.29 Å². The lowest BCUT2D eigenvalue weighted by molar-refractivity contribution is -0.0952. The number of nitrogens with one attached hydrogen (secondary N) is 1. The van der Waals surface area contributed by atoms with Gasteiger partial charge in [0.05, 0.1) is 24.8 Å². The number of aromatic nitrogens is 5. The molecule has 4 rings (SSSR count). The second kappa shape index (κ2) is 8.58. The highest BCUT2D eigenvalue weighted by atomic mass is 35.5. The Labute approximate surface area is 185 Å². The molecule has 2 aliphatic rings. The fraction of sp³-hybridized carbons (Fsp3) is 0.667. The van der Waals surface area contributed by atoms with Crippen molar-refractivity contribution in [2.24, 2.45) is 0 Å². The maximum Gasteiger partial charge on any atom is 0.240 e. The van der Waals surface area contributed by atoms with Crippen molar-refractivity contribution in [3.8, 4) is 0 Å². The normalized spacial score (nSPS) is 22.6. The molecule has 0 bridgehead atoms. The second-order valence-electron chi connectivity index (χ2n) is 7.92. The van der Waals surface area contributed by atoms with Crippen LogP contribution in [0.1, 0.15) is 50.5 Å². The topological polar surface area (TPSA) is 130 Å². The predicted molar refractivity (Wildman–Crippen MR) is 111 cm³/mol. The van der Waals surface area contributed by atoms with Crippen LogP contribution in [0.4, 0.5) is 5.95 Å². The summed E-state index contributed by atoms with van der Waals surface area (Å²) in [5, 5.41) is 7.69. The molecular weight excluding hydrogens is 448 g/mol. The number of rotatable bonds is 8. The van der Waals surface area contributed by atoms with E-state index in [-0.39, 0.29) is 17.3 Å². The second-order valence-corrected chi connectivity index (χ2v) is 10.4. The van der Waals surface area contributed by atoms with Crippen LogP contribution in [-0.2, 0) is 29.8 Å². The molecular formula is C18H25ClN6O5S. The van der Waals surface area contributed by atoms with Crippen LogP contribution in [0.2, 0.25) is 5.02 Å². The van der Waals surface area contributed by atoms with Gasteiger partial charge in [-0.25, -0.2) is 18.4 Å². The van der Waals surface area contributed by atoms with E-state index in [1.165, 1.54) is 26.4 Å². The van der Waals surface area contributed by atoms with Crippen LogP contribution in [0.3, 0.4) is 0 Å². The summed E-state index contributed by atoms with van der Waals surface area (Å²) in [6, 6.07) is 0. The Balaban J connectivity index is 1.61. The summed E-state index contributed by atoms with van der Waals surface area (Å²) in [5.41, 5.74) is -0.277. The van der Waals surface area contributed by atoms with E-state index in [9.17, 15) is 8.42 Å². The first kappa shape index (κ1) is 22.3. The van der Waals surface area contributed by atoms with Gasteiger partial charge in [-0.2, -0.15) is 0 Å². The zero-order valence-electron chi connectivity index (χ0n) is 17.5. The molecule has 2 aromatic rings. The summed E-state index contributed by atoms with van der Waals surface area (Å²) >= 11 is 5.84. The van der Waals surface area contributed by atoms with Crippen molar-refractivity contribution < 1.29 is 22.6 Å². The molecule has 1 saturated heterocycles. The van der Waals surface area contributed by atoms with Crippen molar-refractivity contribution in [3.63, 3.8) is 0 Å². The van der Waals surface area contributed by atoms with Gasteiger partial charge in [-0.1, -0.05) is 11.6 Å². The van der Waals surface area contributed by atoms with E-state index < -0.39 is 27.5 Å². The average Bonchev–Trinajstić information content (AvgIpc) is 3.36. The highest BCUT2D eigenvalue weighted by molar-refractivity contribution is 7.93. The van der Waals surface area contributed by atoms with Crippen molar-refractivity contribution in [1.82, 2.24) is 24.7 Å². The molecule has 13 heteroatoms. The third-order valence-corrected chi connectivity index (χ3v) is 7.49. The summed E-state index contributed by atoms with van der Waals surface area (Å²) in [7, 11) is -2.54. The first-order chi connectivity index (χ1) is 14.7. The van der Waals surface area contributed by atoms with Crippen LogP contribution in [0.15, 0.2) is 12.4 Å². The summed E-state index contributed by atoms with van der Waals surface area (Å²) in [5.74, 6) is 0.908. The van der Waals surface area contributed by atoms with E-state index in [1.54, 1.807) is 0 Å². The Morgan fingerprint density at radius 2 is 2.00 bits per heavy atom. The largest absolute Gasteiger partial charge is 0.376 e. The van der Waals surface area contributed by atoms with Gasteiger partial charge < -0.3 is 14.2 Å². The molecule has 1 saturated carbocycles. The van der Waals surface area contributed by atoms with Crippen molar-refractivity contribution in [1.29, 1.82) is 0 Å². The zero-order chi connectivity index (χ0) is 22.2. The maximum atomic E-state index is 13.2. The van der Waals surface area contributed by atoms with Gasteiger partial charge in [-0.15, -0.1) is 10.2 Å². The van der Waals surface area contributed by atoms with Crippen LogP contribution < -0.4 is 4.72 Å². The number of sulfonamides is 1. The summed E-state index contributed by atoms with van der Waals surface area (Å²) in [6.07, 6.45) is 3.25. The molecule has 1 aliphatic carbocycles. The molecule has 170 valence electrons. The lowest BCUT2D eigenvalue weighted by Gasteiger charge is -2.26. The van der Waals surface area contributed by atoms with Gasteiger partial charge in [0.1, 0.15) is 17.5 Å². The van der Waals surface area contributed by atoms with Gasteiger partial charge in [0.15, 0.2) is 11.6 Å². The molecule has 0 aromatic carbocycles. The van der Waals surface area contributed by atoms with Gasteiger partial charge >= 0.3 is 0 Å². The average molecular weight is 473 g/mol. The molecule has 31 heavy (non-hydrogen) atoms. The SMILES string of the molecule is CO[C@H](c1ncc(Cl)cn1)[C@H](C)S(=O)(=O)Nc1nnc([C@@H]2COCCO2)n1C1(C)CC1. The third kappa shape index (κ3) is 4.53. The Morgan fingerprint density at radius 1 is 1.29 bits per heavy atom. The fourth-order valence-electron chi connectivity index (χ4n) is 3.50. The first-order valence-corrected chi connectivity index (χ1v) is 11.8. The fourth-order valence-corrected chi connectivity index (χ4v) is 4.73. The number of nitrogens with zero attached hydrogens (tertiary/aromatic N) is 5. The van der Waals surface area contributed by atoms with E-state index in [2.05, 4.69) is 24.9 Å². The highest BCUT2D eigenvalue weighted by Crippen LogP contribution is 2.46. The molecule has 2 fully saturated rings. The number of methoxy groups -OCH3 is 1. The van der Waals surface area contributed by atoms with E-state index in [1.807, 2.05) is 11.5 Å². The zero-order valence-corrected chi connectivity index (χ0v) is 19.1. The van der Waals surface area contributed by atoms with Crippen LogP contribution >= 0.6 is 11.6 Å². The predicted octanol–water partition coefficient (Wildman–Crippen LogP) is 1.84. The lowest BCUT2D eigenvalue weighted by Crippen LogP contribution is -2.34. The van der Waals surface area contributed by atoms with Crippen molar-refractivity contribution >= 4 is 27.6 Å². The van der Waals surface area contributed by atoms with Crippen LogP contribution in [0.25, 0.3) is 0 Å². The summed E-state index contributed by atoms with van der Waals surface area (Å²) in [4.78, 5) is 8.20. The quantitative estimate of drug-likeness (QED) is 0.611. The summed E-state index contributed by atoms with van der Waals surface area (Å²) < 4.78 is 47.5.